The number of amides is 3. The summed E-state index contributed by atoms with van der Waals surface area (Å²) in [6, 6.07) is 4.52. The lowest BCUT2D eigenvalue weighted by atomic mass is 9.90. The monoisotopic (exact) mass is 348 g/mol. The Kier molecular flexibility index (Phi) is 4.35. The summed E-state index contributed by atoms with van der Waals surface area (Å²) >= 11 is 1.78. The minimum absolute atomic E-state index is 0.0266. The highest BCUT2D eigenvalue weighted by Crippen LogP contribution is 2.32. The van der Waals surface area contributed by atoms with E-state index >= 15 is 0 Å². The Morgan fingerprint density at radius 2 is 2.00 bits per heavy atom. The van der Waals surface area contributed by atoms with Crippen molar-refractivity contribution in [3.05, 3.63) is 22.4 Å². The van der Waals surface area contributed by atoms with E-state index in [1.165, 1.54) is 27.5 Å². The van der Waals surface area contributed by atoms with E-state index in [0.29, 0.717) is 12.7 Å². The molecule has 1 unspecified atom stereocenters. The molecule has 2 atom stereocenters. The second kappa shape index (κ2) is 6.48. The molecule has 0 aromatic carbocycles. The summed E-state index contributed by atoms with van der Waals surface area (Å²) in [5.74, 6) is 0.0266. The number of nitrogens with zero attached hydrogens (tertiary/aromatic N) is 1. The van der Waals surface area contributed by atoms with Gasteiger partial charge in [0.25, 0.3) is 5.91 Å². The van der Waals surface area contributed by atoms with E-state index in [1.54, 1.807) is 11.3 Å². The van der Waals surface area contributed by atoms with E-state index in [2.05, 4.69) is 22.8 Å². The molecule has 130 valence electrons. The van der Waals surface area contributed by atoms with E-state index < -0.39 is 5.54 Å². The lowest BCUT2D eigenvalue weighted by Crippen LogP contribution is -3.12. The molecule has 1 saturated carbocycles. The first-order valence-electron chi connectivity index (χ1n) is 9.22. The molecule has 2 aliphatic heterocycles. The van der Waals surface area contributed by atoms with Crippen LogP contribution in [-0.2, 0) is 4.79 Å². The zero-order valence-electron chi connectivity index (χ0n) is 14.1. The van der Waals surface area contributed by atoms with Crippen LogP contribution < -0.4 is 10.2 Å². The number of carbonyl (C=O) groups excluding carboxylic acids is 2. The smallest absolute Gasteiger partial charge is 0.323 e. The molecule has 3 heterocycles. The van der Waals surface area contributed by atoms with Crippen LogP contribution in [0.3, 0.4) is 0 Å². The zero-order chi connectivity index (χ0) is 16.6. The number of carbonyl (C=O) groups is 2. The van der Waals surface area contributed by atoms with Gasteiger partial charge in [0.2, 0.25) is 0 Å². The Labute approximate surface area is 147 Å². The van der Waals surface area contributed by atoms with E-state index in [-0.39, 0.29) is 11.9 Å². The Balaban J connectivity index is 1.50. The number of imide groups is 1. The van der Waals surface area contributed by atoms with Gasteiger partial charge in [0, 0.05) is 12.8 Å². The molecule has 2 saturated heterocycles. The topological polar surface area (TPSA) is 53.9 Å². The summed E-state index contributed by atoms with van der Waals surface area (Å²) in [5, 5.41) is 5.17. The molecule has 1 aromatic rings. The number of hydrogen-bond acceptors (Lipinski definition) is 3. The average Bonchev–Trinajstić information content (AvgIpc) is 3.24. The largest absolute Gasteiger partial charge is 0.329 e. The summed E-state index contributed by atoms with van der Waals surface area (Å²) in [4.78, 5) is 29.8. The van der Waals surface area contributed by atoms with Crippen molar-refractivity contribution in [2.24, 2.45) is 0 Å². The van der Waals surface area contributed by atoms with Crippen LogP contribution in [0.4, 0.5) is 4.79 Å². The lowest BCUT2D eigenvalue weighted by Gasteiger charge is -2.27. The minimum atomic E-state index is -0.606. The van der Waals surface area contributed by atoms with E-state index in [0.717, 1.165) is 45.1 Å². The van der Waals surface area contributed by atoms with Gasteiger partial charge >= 0.3 is 6.03 Å². The summed E-state index contributed by atoms with van der Waals surface area (Å²) in [5.41, 5.74) is -0.606. The molecule has 3 fully saturated rings. The summed E-state index contributed by atoms with van der Waals surface area (Å²) in [6.07, 6.45) is 8.32. The standard InChI is InChI=1S/C18H25N3O2S/c22-16-18(9-3-1-2-4-10-18)19-17(23)21(16)13-20-11-5-7-14(20)15-8-6-12-24-15/h6,8,12,14H,1-5,7,9-11,13H2,(H,19,23)/p+1/t14-/m1/s1. The fraction of sp³-hybridized carbons (Fsp3) is 0.667. The number of likely N-dealkylation sites (tertiary alicyclic amines) is 1. The predicted molar refractivity (Wildman–Crippen MR) is 92.8 cm³/mol. The Bertz CT molecular complexity index is 608. The predicted octanol–water partition coefficient (Wildman–Crippen LogP) is 2.07. The van der Waals surface area contributed by atoms with Gasteiger partial charge in [-0.05, 0) is 24.3 Å². The molecule has 3 aliphatic rings. The zero-order valence-corrected chi connectivity index (χ0v) is 14.9. The average molecular weight is 348 g/mol. The second-order valence-electron chi connectivity index (χ2n) is 7.44. The van der Waals surface area contributed by atoms with Crippen molar-refractivity contribution in [3.8, 4) is 0 Å². The van der Waals surface area contributed by atoms with Crippen LogP contribution in [0.25, 0.3) is 0 Å². The van der Waals surface area contributed by atoms with Crippen molar-refractivity contribution in [2.75, 3.05) is 13.2 Å². The highest BCUT2D eigenvalue weighted by Gasteiger charge is 2.52. The summed E-state index contributed by atoms with van der Waals surface area (Å²) in [6.45, 7) is 1.54. The fourth-order valence-corrected chi connectivity index (χ4v) is 5.55. The Morgan fingerprint density at radius 1 is 1.21 bits per heavy atom. The third-order valence-corrected chi connectivity index (χ3v) is 6.92. The molecule has 24 heavy (non-hydrogen) atoms. The van der Waals surface area contributed by atoms with Gasteiger partial charge in [-0.2, -0.15) is 0 Å². The van der Waals surface area contributed by atoms with E-state index in [9.17, 15) is 9.59 Å². The van der Waals surface area contributed by atoms with Gasteiger partial charge in [0.05, 0.1) is 11.4 Å². The van der Waals surface area contributed by atoms with Crippen LogP contribution in [-0.4, -0.2) is 35.6 Å². The van der Waals surface area contributed by atoms with Crippen molar-refractivity contribution in [1.29, 1.82) is 0 Å². The first kappa shape index (κ1) is 16.1. The third kappa shape index (κ3) is 2.75. The Hall–Kier alpha value is -1.40. The van der Waals surface area contributed by atoms with Crippen molar-refractivity contribution in [2.45, 2.75) is 62.9 Å². The summed E-state index contributed by atoms with van der Waals surface area (Å²) in [7, 11) is 0. The van der Waals surface area contributed by atoms with Gasteiger partial charge in [-0.15, -0.1) is 11.3 Å². The quantitative estimate of drug-likeness (QED) is 0.822. The molecule has 6 heteroatoms. The van der Waals surface area contributed by atoms with Crippen LogP contribution in [0, 0.1) is 0 Å². The normalized spacial score (nSPS) is 29.9. The van der Waals surface area contributed by atoms with Crippen molar-refractivity contribution < 1.29 is 14.5 Å². The van der Waals surface area contributed by atoms with Crippen molar-refractivity contribution in [1.82, 2.24) is 10.2 Å². The van der Waals surface area contributed by atoms with Crippen LogP contribution in [0.15, 0.2) is 17.5 Å². The number of urea groups is 1. The van der Waals surface area contributed by atoms with Gasteiger partial charge in [-0.1, -0.05) is 31.7 Å². The number of thiophene rings is 1. The number of rotatable bonds is 3. The lowest BCUT2D eigenvalue weighted by molar-refractivity contribution is -0.925. The maximum Gasteiger partial charge on any atom is 0.329 e. The molecule has 4 rings (SSSR count). The molecular weight excluding hydrogens is 322 g/mol. The Morgan fingerprint density at radius 3 is 2.71 bits per heavy atom. The molecule has 2 N–H and O–H groups in total. The van der Waals surface area contributed by atoms with Crippen molar-refractivity contribution in [3.63, 3.8) is 0 Å². The minimum Gasteiger partial charge on any atom is -0.323 e. The molecule has 5 nitrogen and oxygen atoms in total. The first-order chi connectivity index (χ1) is 11.7. The molecule has 1 aliphatic carbocycles. The molecule has 1 aromatic heterocycles. The van der Waals surface area contributed by atoms with E-state index in [1.807, 2.05) is 0 Å². The molecule has 1 spiro atoms. The van der Waals surface area contributed by atoms with Gasteiger partial charge in [0.1, 0.15) is 11.6 Å². The van der Waals surface area contributed by atoms with Crippen LogP contribution in [0.2, 0.25) is 0 Å². The maximum absolute atomic E-state index is 13.1. The molecule has 0 radical (unpaired) electrons. The van der Waals surface area contributed by atoms with Gasteiger partial charge < -0.3 is 10.2 Å². The molecule has 3 amide bonds. The maximum atomic E-state index is 13.1. The number of quaternary nitrogens is 1. The van der Waals surface area contributed by atoms with Gasteiger partial charge in [-0.25, -0.2) is 9.69 Å². The number of hydrogen-bond donors (Lipinski definition) is 2. The number of nitrogens with one attached hydrogen (secondary N) is 2. The first-order valence-corrected chi connectivity index (χ1v) is 10.1. The fourth-order valence-electron chi connectivity index (χ4n) is 4.63. The van der Waals surface area contributed by atoms with E-state index in [4.69, 9.17) is 0 Å². The highest BCUT2D eigenvalue weighted by molar-refractivity contribution is 7.10. The van der Waals surface area contributed by atoms with Gasteiger partial charge in [0.15, 0.2) is 6.67 Å². The molecular formula is C18H26N3O2S+. The van der Waals surface area contributed by atoms with Crippen LogP contribution in [0.5, 0.6) is 0 Å². The van der Waals surface area contributed by atoms with Gasteiger partial charge in [-0.3, -0.25) is 4.79 Å². The van der Waals surface area contributed by atoms with Crippen LogP contribution in [0.1, 0.15) is 62.3 Å². The second-order valence-corrected chi connectivity index (χ2v) is 8.42. The third-order valence-electron chi connectivity index (χ3n) is 5.93. The SMILES string of the molecule is O=C1NC2(CCCCCC2)C(=O)N1C[NH+]1CCC[C@@H]1c1cccs1. The highest BCUT2D eigenvalue weighted by atomic mass is 32.1. The summed E-state index contributed by atoms with van der Waals surface area (Å²) < 4.78 is 0. The molecule has 0 bridgehead atoms. The van der Waals surface area contributed by atoms with Crippen molar-refractivity contribution >= 4 is 23.3 Å². The van der Waals surface area contributed by atoms with Crippen LogP contribution >= 0.6 is 11.3 Å².